The summed E-state index contributed by atoms with van der Waals surface area (Å²) in [6.07, 6.45) is 3.48. The van der Waals surface area contributed by atoms with Crippen LogP contribution in [0.3, 0.4) is 0 Å². The summed E-state index contributed by atoms with van der Waals surface area (Å²) in [5.74, 6) is -2.25. The number of aliphatic carboxylic acids is 1. The summed E-state index contributed by atoms with van der Waals surface area (Å²) in [7, 11) is -3.52. The lowest BCUT2D eigenvalue weighted by Gasteiger charge is -2.44. The second-order valence-corrected chi connectivity index (χ2v) is 9.47. The van der Waals surface area contributed by atoms with Crippen LogP contribution in [0.25, 0.3) is 10.4 Å². The number of carboxylic acids is 1. The maximum Gasteiger partial charge on any atom is 0.352 e. The molecule has 4 rings (SSSR count). The van der Waals surface area contributed by atoms with E-state index in [9.17, 15) is 28.2 Å². The monoisotopic (exact) mass is 397 g/mol. The van der Waals surface area contributed by atoms with Gasteiger partial charge in [-0.2, -0.15) is 0 Å². The summed E-state index contributed by atoms with van der Waals surface area (Å²) in [4.78, 5) is 30.1. The maximum atomic E-state index is 12.3. The van der Waals surface area contributed by atoms with Crippen molar-refractivity contribution in [3.63, 3.8) is 0 Å². The first-order chi connectivity index (χ1) is 12.1. The number of carbonyl (C=O) groups is 2. The highest BCUT2D eigenvalue weighted by Crippen LogP contribution is 2.48. The number of carboxylic acid groups (broad SMARTS) is 1. The number of carbonyl (C=O) groups excluding carboxylic acids is 1. The predicted molar refractivity (Wildman–Crippen MR) is 91.2 cm³/mol. The van der Waals surface area contributed by atoms with E-state index in [1.54, 1.807) is 6.20 Å². The average Bonchev–Trinajstić information content (AvgIpc) is 3.14. The van der Waals surface area contributed by atoms with Gasteiger partial charge in [0.15, 0.2) is 14.9 Å². The molecule has 0 spiro atoms. The van der Waals surface area contributed by atoms with Crippen molar-refractivity contribution in [2.24, 2.45) is 5.92 Å². The molecule has 2 N–H and O–H groups in total. The minimum absolute atomic E-state index is 0.0644. The van der Waals surface area contributed by atoms with Gasteiger partial charge in [0, 0.05) is 18.0 Å². The van der Waals surface area contributed by atoms with Crippen LogP contribution in [0.15, 0.2) is 23.2 Å². The number of thiazole rings is 1. The van der Waals surface area contributed by atoms with Gasteiger partial charge in [0.2, 0.25) is 5.91 Å². The molecule has 2 aliphatic rings. The molecule has 138 valence electrons. The molecule has 1 saturated heterocycles. The SMILES string of the molecule is C[C@@H](O)[C@H]1C(=O)N2C(C(=O)O)=C(c3cn4cnc(S(C)(=O)=O)c4s3)C[C@H]12. The molecule has 0 aromatic carbocycles. The predicted octanol–water partition coefficient (Wildman–Crippen LogP) is 0.206. The fourth-order valence-corrected chi connectivity index (χ4v) is 5.92. The van der Waals surface area contributed by atoms with Gasteiger partial charge < -0.3 is 15.1 Å². The topological polar surface area (TPSA) is 129 Å². The Labute approximate surface area is 152 Å². The maximum absolute atomic E-state index is 12.3. The number of nitrogens with zero attached hydrogens (tertiary/aromatic N) is 3. The zero-order valence-corrected chi connectivity index (χ0v) is 15.4. The summed E-state index contributed by atoms with van der Waals surface area (Å²) >= 11 is 1.12. The molecule has 0 unspecified atom stereocenters. The number of β-lactam (4-membered cyclic amide) rings is 1. The van der Waals surface area contributed by atoms with E-state index in [2.05, 4.69) is 4.98 Å². The molecule has 2 aliphatic heterocycles. The molecule has 0 radical (unpaired) electrons. The van der Waals surface area contributed by atoms with Gasteiger partial charge in [-0.25, -0.2) is 18.2 Å². The Balaban J connectivity index is 1.83. The lowest BCUT2D eigenvalue weighted by atomic mass is 9.83. The molecule has 0 aliphatic carbocycles. The van der Waals surface area contributed by atoms with Crippen molar-refractivity contribution >= 4 is 43.5 Å². The molecule has 0 saturated carbocycles. The van der Waals surface area contributed by atoms with Crippen LogP contribution in [0, 0.1) is 5.92 Å². The van der Waals surface area contributed by atoms with Crippen LogP contribution < -0.4 is 0 Å². The van der Waals surface area contributed by atoms with Crippen LogP contribution in [0.5, 0.6) is 0 Å². The van der Waals surface area contributed by atoms with Crippen molar-refractivity contribution in [1.82, 2.24) is 14.3 Å². The number of aliphatic hydroxyl groups excluding tert-OH is 1. The number of rotatable bonds is 4. The summed E-state index contributed by atoms with van der Waals surface area (Å²) in [6, 6.07) is -0.391. The molecule has 0 bridgehead atoms. The molecular weight excluding hydrogens is 382 g/mol. The fraction of sp³-hybridized carbons (Fsp3) is 0.400. The van der Waals surface area contributed by atoms with Crippen molar-refractivity contribution in [2.75, 3.05) is 6.26 Å². The van der Waals surface area contributed by atoms with Gasteiger partial charge in [-0.15, -0.1) is 11.3 Å². The number of sulfone groups is 1. The van der Waals surface area contributed by atoms with Crippen molar-refractivity contribution in [3.8, 4) is 0 Å². The van der Waals surface area contributed by atoms with Gasteiger partial charge in [-0.3, -0.25) is 9.20 Å². The number of fused-ring (bicyclic) bond motifs is 2. The number of hydrogen-bond donors (Lipinski definition) is 2. The standard InChI is InChI=1S/C15H15N3O6S2/c1-6(19)10-8-3-7(11(15(21)22)18(8)13(10)20)9-4-17-5-16-12(14(17)25-9)26(2,23)24/h4-6,8,10,19H,3H2,1-2H3,(H,21,22)/t6-,8-,10-/m1/s1. The number of amides is 1. The van der Waals surface area contributed by atoms with Gasteiger partial charge in [0.1, 0.15) is 16.9 Å². The Morgan fingerprint density at radius 3 is 2.73 bits per heavy atom. The Bertz CT molecular complexity index is 1090. The first-order valence-electron chi connectivity index (χ1n) is 7.75. The van der Waals surface area contributed by atoms with Crippen LogP contribution in [0.1, 0.15) is 18.2 Å². The molecular formula is C15H15N3O6S2. The molecule has 26 heavy (non-hydrogen) atoms. The van der Waals surface area contributed by atoms with Gasteiger partial charge in [0.25, 0.3) is 0 Å². The van der Waals surface area contributed by atoms with Gasteiger partial charge in [-0.1, -0.05) is 0 Å². The second-order valence-electron chi connectivity index (χ2n) is 6.51. The van der Waals surface area contributed by atoms with Crippen LogP contribution >= 0.6 is 11.3 Å². The van der Waals surface area contributed by atoms with Crippen molar-refractivity contribution in [1.29, 1.82) is 0 Å². The zero-order chi connectivity index (χ0) is 19.0. The van der Waals surface area contributed by atoms with E-state index in [0.29, 0.717) is 21.7 Å². The van der Waals surface area contributed by atoms with Gasteiger partial charge in [-0.05, 0) is 13.3 Å². The summed E-state index contributed by atoms with van der Waals surface area (Å²) in [5, 5.41) is 19.3. The molecule has 1 amide bonds. The Morgan fingerprint density at radius 1 is 1.46 bits per heavy atom. The highest BCUT2D eigenvalue weighted by molar-refractivity contribution is 7.91. The minimum Gasteiger partial charge on any atom is -0.477 e. The lowest BCUT2D eigenvalue weighted by molar-refractivity contribution is -0.161. The lowest BCUT2D eigenvalue weighted by Crippen LogP contribution is -2.61. The molecule has 2 aromatic heterocycles. The number of aliphatic hydroxyl groups is 1. The number of imidazole rings is 1. The Hall–Kier alpha value is -2.24. The third-order valence-corrected chi connectivity index (χ3v) is 7.06. The van der Waals surface area contributed by atoms with Crippen LogP contribution in [-0.2, 0) is 19.4 Å². The first-order valence-corrected chi connectivity index (χ1v) is 10.5. The average molecular weight is 397 g/mol. The van der Waals surface area contributed by atoms with Gasteiger partial charge in [0.05, 0.1) is 22.9 Å². The molecule has 4 heterocycles. The molecule has 11 heteroatoms. The van der Waals surface area contributed by atoms with E-state index in [4.69, 9.17) is 0 Å². The van der Waals surface area contributed by atoms with Crippen LogP contribution in [0.4, 0.5) is 0 Å². The Morgan fingerprint density at radius 2 is 2.15 bits per heavy atom. The largest absolute Gasteiger partial charge is 0.477 e. The molecule has 3 atom stereocenters. The summed E-state index contributed by atoms with van der Waals surface area (Å²) in [5.41, 5.74) is 0.363. The van der Waals surface area contributed by atoms with E-state index >= 15 is 0 Å². The molecule has 2 aromatic rings. The van der Waals surface area contributed by atoms with E-state index < -0.39 is 39.8 Å². The molecule has 9 nitrogen and oxygen atoms in total. The minimum atomic E-state index is -3.52. The van der Waals surface area contributed by atoms with Gasteiger partial charge >= 0.3 is 5.97 Å². The van der Waals surface area contributed by atoms with E-state index in [1.165, 1.54) is 22.6 Å². The normalized spacial score (nSPS) is 24.1. The fourth-order valence-electron chi connectivity index (χ4n) is 3.66. The number of hydrogen-bond acceptors (Lipinski definition) is 7. The van der Waals surface area contributed by atoms with Crippen LogP contribution in [-0.4, -0.2) is 63.2 Å². The van der Waals surface area contributed by atoms with Crippen molar-refractivity contribution in [2.45, 2.75) is 30.5 Å². The third-order valence-electron chi connectivity index (χ3n) is 4.76. The van der Waals surface area contributed by atoms with Crippen molar-refractivity contribution in [3.05, 3.63) is 23.1 Å². The number of aromatic nitrogens is 2. The smallest absolute Gasteiger partial charge is 0.352 e. The van der Waals surface area contributed by atoms with E-state index in [0.717, 1.165) is 17.6 Å². The summed E-state index contributed by atoms with van der Waals surface area (Å²) in [6.45, 7) is 1.51. The second kappa shape index (κ2) is 5.38. The highest BCUT2D eigenvalue weighted by Gasteiger charge is 2.57. The van der Waals surface area contributed by atoms with Crippen LogP contribution in [0.2, 0.25) is 0 Å². The van der Waals surface area contributed by atoms with E-state index in [1.807, 2.05) is 0 Å². The highest BCUT2D eigenvalue weighted by atomic mass is 32.2. The zero-order valence-electron chi connectivity index (χ0n) is 13.8. The summed E-state index contributed by atoms with van der Waals surface area (Å²) < 4.78 is 25.2. The van der Waals surface area contributed by atoms with Crippen molar-refractivity contribution < 1.29 is 28.2 Å². The first kappa shape index (κ1) is 17.2. The molecule has 1 fully saturated rings. The third kappa shape index (κ3) is 2.24. The Kier molecular flexibility index (Phi) is 3.56. The quantitative estimate of drug-likeness (QED) is 0.705. The van der Waals surface area contributed by atoms with E-state index in [-0.39, 0.29) is 10.7 Å².